The van der Waals surface area contributed by atoms with Crippen molar-refractivity contribution < 1.29 is 26.3 Å². The van der Waals surface area contributed by atoms with Gasteiger partial charge in [-0.25, -0.2) is 13.2 Å². The number of alkyl halides is 5. The van der Waals surface area contributed by atoms with Crippen LogP contribution in [0.3, 0.4) is 0 Å². The molecule has 8 heteroatoms. The predicted octanol–water partition coefficient (Wildman–Crippen LogP) is 2.47. The zero-order valence-corrected chi connectivity index (χ0v) is 6.83. The molecule has 0 saturated carbocycles. The SMILES string of the molecule is O=c1[nH]cc(C(F)F)c(C(F)(F)F)c1F. The number of pyridine rings is 1. The minimum absolute atomic E-state index is 0.152. The van der Waals surface area contributed by atoms with Gasteiger partial charge in [0.1, 0.15) is 5.56 Å². The molecular formula is C7H3F6NO. The molecule has 0 fully saturated rings. The van der Waals surface area contributed by atoms with Crippen LogP contribution in [0, 0.1) is 5.82 Å². The normalized spacial score (nSPS) is 12.2. The minimum atomic E-state index is -5.33. The summed E-state index contributed by atoms with van der Waals surface area (Å²) in [5.41, 5.74) is -5.49. The first-order valence-corrected chi connectivity index (χ1v) is 3.51. The minimum Gasteiger partial charge on any atom is -0.326 e. The smallest absolute Gasteiger partial charge is 0.326 e. The van der Waals surface area contributed by atoms with Crippen LogP contribution in [0.1, 0.15) is 17.6 Å². The first-order valence-electron chi connectivity index (χ1n) is 3.51. The van der Waals surface area contributed by atoms with Crippen molar-refractivity contribution in [3.05, 3.63) is 33.5 Å². The van der Waals surface area contributed by atoms with Crippen LogP contribution < -0.4 is 5.56 Å². The summed E-state index contributed by atoms with van der Waals surface area (Å²) >= 11 is 0. The topological polar surface area (TPSA) is 32.9 Å². The summed E-state index contributed by atoms with van der Waals surface area (Å²) in [6, 6.07) is 0. The highest BCUT2D eigenvalue weighted by molar-refractivity contribution is 5.28. The van der Waals surface area contributed by atoms with Crippen molar-refractivity contribution in [2.75, 3.05) is 0 Å². The number of nitrogens with one attached hydrogen (secondary N) is 1. The molecule has 1 N–H and O–H groups in total. The Morgan fingerprint density at radius 3 is 2.20 bits per heavy atom. The van der Waals surface area contributed by atoms with Crippen LogP contribution >= 0.6 is 0 Å². The standard InChI is InChI=1S/C7H3F6NO/c8-4-3(7(11,12)13)2(5(9)10)1-14-6(4)15/h1,5H,(H,14,15). The second kappa shape index (κ2) is 3.59. The summed E-state index contributed by atoms with van der Waals surface area (Å²) in [6.07, 6.45) is -8.70. The Kier molecular flexibility index (Phi) is 2.78. The molecule has 0 atom stereocenters. The largest absolute Gasteiger partial charge is 0.419 e. The van der Waals surface area contributed by atoms with E-state index in [4.69, 9.17) is 0 Å². The van der Waals surface area contributed by atoms with Gasteiger partial charge in [0.05, 0.1) is 0 Å². The maximum atomic E-state index is 12.7. The number of halogens is 6. The first kappa shape index (κ1) is 11.6. The molecule has 0 unspecified atom stereocenters. The second-order valence-electron chi connectivity index (χ2n) is 2.56. The van der Waals surface area contributed by atoms with E-state index >= 15 is 0 Å². The zero-order chi connectivity index (χ0) is 11.8. The molecule has 0 amide bonds. The van der Waals surface area contributed by atoms with Crippen LogP contribution in [0.5, 0.6) is 0 Å². The fourth-order valence-electron chi connectivity index (χ4n) is 0.979. The Morgan fingerprint density at radius 2 is 1.80 bits per heavy atom. The van der Waals surface area contributed by atoms with Gasteiger partial charge in [0, 0.05) is 11.8 Å². The Bertz CT molecular complexity index is 420. The second-order valence-corrected chi connectivity index (χ2v) is 2.56. The fraction of sp³-hybridized carbons (Fsp3) is 0.286. The van der Waals surface area contributed by atoms with Crippen LogP contribution in [0.25, 0.3) is 0 Å². The lowest BCUT2D eigenvalue weighted by molar-refractivity contribution is -0.142. The van der Waals surface area contributed by atoms with Crippen molar-refractivity contribution in [3.8, 4) is 0 Å². The molecule has 0 aromatic carbocycles. The van der Waals surface area contributed by atoms with Crippen molar-refractivity contribution in [1.82, 2.24) is 4.98 Å². The molecular weight excluding hydrogens is 228 g/mol. The highest BCUT2D eigenvalue weighted by Gasteiger charge is 2.40. The third-order valence-electron chi connectivity index (χ3n) is 1.58. The Morgan fingerprint density at radius 1 is 1.27 bits per heavy atom. The third kappa shape index (κ3) is 2.13. The van der Waals surface area contributed by atoms with Crippen molar-refractivity contribution in [1.29, 1.82) is 0 Å². The quantitative estimate of drug-likeness (QED) is 0.740. The molecule has 0 spiro atoms. The molecule has 0 saturated heterocycles. The molecule has 2 nitrogen and oxygen atoms in total. The molecule has 0 aliphatic rings. The van der Waals surface area contributed by atoms with E-state index in [0.29, 0.717) is 0 Å². The average Bonchev–Trinajstić information content (AvgIpc) is 2.06. The fourth-order valence-corrected chi connectivity index (χ4v) is 0.979. The molecule has 1 heterocycles. The number of hydrogen-bond acceptors (Lipinski definition) is 1. The maximum absolute atomic E-state index is 12.7. The van der Waals surface area contributed by atoms with Gasteiger partial charge in [-0.1, -0.05) is 0 Å². The van der Waals surface area contributed by atoms with E-state index < -0.39 is 35.1 Å². The van der Waals surface area contributed by atoms with Gasteiger partial charge in [-0.2, -0.15) is 13.2 Å². The third-order valence-corrected chi connectivity index (χ3v) is 1.58. The number of hydrogen-bond donors (Lipinski definition) is 1. The van der Waals surface area contributed by atoms with Gasteiger partial charge in [-0.3, -0.25) is 4.79 Å². The molecule has 15 heavy (non-hydrogen) atoms. The van der Waals surface area contributed by atoms with E-state index in [-0.39, 0.29) is 6.20 Å². The summed E-state index contributed by atoms with van der Waals surface area (Å²) in [6.45, 7) is 0. The van der Waals surface area contributed by atoms with Crippen LogP contribution in [-0.4, -0.2) is 4.98 Å². The summed E-state index contributed by atoms with van der Waals surface area (Å²) in [5.74, 6) is -2.25. The van der Waals surface area contributed by atoms with E-state index in [1.807, 2.05) is 0 Å². The molecule has 0 radical (unpaired) electrons. The average molecular weight is 231 g/mol. The highest BCUT2D eigenvalue weighted by Crippen LogP contribution is 2.36. The molecule has 0 aliphatic heterocycles. The predicted molar refractivity (Wildman–Crippen MR) is 37.0 cm³/mol. The highest BCUT2D eigenvalue weighted by atomic mass is 19.4. The van der Waals surface area contributed by atoms with E-state index in [2.05, 4.69) is 0 Å². The van der Waals surface area contributed by atoms with Gasteiger partial charge in [0.25, 0.3) is 12.0 Å². The van der Waals surface area contributed by atoms with Crippen LogP contribution in [0.2, 0.25) is 0 Å². The van der Waals surface area contributed by atoms with Gasteiger partial charge in [-0.05, 0) is 0 Å². The molecule has 1 aromatic heterocycles. The number of aromatic nitrogens is 1. The lowest BCUT2D eigenvalue weighted by Gasteiger charge is -2.11. The number of aromatic amines is 1. The molecule has 0 aliphatic carbocycles. The Hall–Kier alpha value is -1.47. The van der Waals surface area contributed by atoms with Gasteiger partial charge in [-0.15, -0.1) is 0 Å². The summed E-state index contributed by atoms with van der Waals surface area (Å²) in [5, 5.41) is 0. The summed E-state index contributed by atoms with van der Waals surface area (Å²) < 4.78 is 73.3. The maximum Gasteiger partial charge on any atom is 0.419 e. The van der Waals surface area contributed by atoms with Crippen LogP contribution in [-0.2, 0) is 6.18 Å². The molecule has 84 valence electrons. The van der Waals surface area contributed by atoms with Crippen LogP contribution in [0.4, 0.5) is 26.3 Å². The summed E-state index contributed by atoms with van der Waals surface area (Å²) in [4.78, 5) is 11.9. The van der Waals surface area contributed by atoms with Crippen molar-refractivity contribution in [2.24, 2.45) is 0 Å². The van der Waals surface area contributed by atoms with Crippen molar-refractivity contribution >= 4 is 0 Å². The number of H-pyrrole nitrogens is 1. The lowest BCUT2D eigenvalue weighted by Crippen LogP contribution is -2.22. The van der Waals surface area contributed by atoms with E-state index in [1.54, 1.807) is 0 Å². The molecule has 0 bridgehead atoms. The van der Waals surface area contributed by atoms with Gasteiger partial charge < -0.3 is 4.98 Å². The van der Waals surface area contributed by atoms with Gasteiger partial charge >= 0.3 is 6.18 Å². The Balaban J connectivity index is 3.57. The molecule has 1 aromatic rings. The van der Waals surface area contributed by atoms with Gasteiger partial charge in [0.2, 0.25) is 5.82 Å². The van der Waals surface area contributed by atoms with Gasteiger partial charge in [0.15, 0.2) is 0 Å². The van der Waals surface area contributed by atoms with E-state index in [9.17, 15) is 31.1 Å². The lowest BCUT2D eigenvalue weighted by atomic mass is 10.1. The molecule has 1 rings (SSSR count). The first-order chi connectivity index (χ1) is 6.75. The van der Waals surface area contributed by atoms with Crippen LogP contribution in [0.15, 0.2) is 11.0 Å². The van der Waals surface area contributed by atoms with E-state index in [1.165, 1.54) is 4.98 Å². The van der Waals surface area contributed by atoms with Crippen molar-refractivity contribution in [2.45, 2.75) is 12.6 Å². The summed E-state index contributed by atoms with van der Waals surface area (Å²) in [7, 11) is 0. The Labute approximate surface area is 78.5 Å². The van der Waals surface area contributed by atoms with E-state index in [0.717, 1.165) is 0 Å². The monoisotopic (exact) mass is 231 g/mol. The zero-order valence-electron chi connectivity index (χ0n) is 6.83. The number of rotatable bonds is 1. The van der Waals surface area contributed by atoms with Crippen molar-refractivity contribution in [3.63, 3.8) is 0 Å².